The van der Waals surface area contributed by atoms with Gasteiger partial charge in [0, 0.05) is 38.3 Å². The van der Waals surface area contributed by atoms with E-state index in [9.17, 15) is 4.79 Å². The number of aromatic nitrogens is 1. The first-order valence-electron chi connectivity index (χ1n) is 9.45. The van der Waals surface area contributed by atoms with Crippen LogP contribution in [-0.4, -0.2) is 44.2 Å². The summed E-state index contributed by atoms with van der Waals surface area (Å²) in [6.07, 6.45) is 2.35. The highest BCUT2D eigenvalue weighted by atomic mass is 16.5. The molecule has 3 rings (SSSR count). The average molecular weight is 368 g/mol. The van der Waals surface area contributed by atoms with Crippen LogP contribution in [-0.2, 0) is 4.79 Å². The van der Waals surface area contributed by atoms with Crippen LogP contribution in [0, 0.1) is 5.92 Å². The fourth-order valence-electron chi connectivity index (χ4n) is 3.23. The number of carbonyl (C=O) groups excluding carboxylic acids is 1. The van der Waals surface area contributed by atoms with Crippen LogP contribution in [0.15, 0.2) is 42.6 Å². The highest BCUT2D eigenvalue weighted by molar-refractivity contribution is 5.89. The van der Waals surface area contributed by atoms with E-state index < -0.39 is 0 Å². The lowest BCUT2D eigenvalue weighted by atomic mass is 10.1. The number of carbonyl (C=O) groups is 1. The Morgan fingerprint density at radius 3 is 2.15 bits per heavy atom. The van der Waals surface area contributed by atoms with Crippen LogP contribution >= 0.6 is 0 Å². The molecule has 0 saturated carbocycles. The van der Waals surface area contributed by atoms with Crippen LogP contribution < -0.4 is 19.9 Å². The summed E-state index contributed by atoms with van der Waals surface area (Å²) in [4.78, 5) is 20.9. The third kappa shape index (κ3) is 5.12. The lowest BCUT2D eigenvalue weighted by Gasteiger charge is -2.37. The molecule has 1 amide bonds. The summed E-state index contributed by atoms with van der Waals surface area (Å²) in [5, 5.41) is 2.85. The van der Waals surface area contributed by atoms with Crippen molar-refractivity contribution in [1.29, 1.82) is 0 Å². The molecule has 1 aromatic heterocycles. The molecule has 0 aliphatic carbocycles. The molecule has 0 spiro atoms. The number of amides is 1. The van der Waals surface area contributed by atoms with E-state index in [0.717, 1.165) is 37.6 Å². The number of nitrogens with one attached hydrogen (secondary N) is 1. The Morgan fingerprint density at radius 1 is 1.04 bits per heavy atom. The summed E-state index contributed by atoms with van der Waals surface area (Å²) in [7, 11) is 1.68. The lowest BCUT2D eigenvalue weighted by Crippen LogP contribution is -2.46. The van der Waals surface area contributed by atoms with E-state index in [-0.39, 0.29) is 5.91 Å². The standard InChI is InChI=1S/C21H28N4O2/c1-16(2)14-21(26)23-20-9-6-18(15-22-20)25-12-10-24(11-13-25)17-4-7-19(27-3)8-5-17/h4-9,15-16H,10-14H2,1-3H3,(H,22,23,26). The Labute approximate surface area is 161 Å². The van der Waals surface area contributed by atoms with Crippen LogP contribution in [0.5, 0.6) is 5.75 Å². The highest BCUT2D eigenvalue weighted by Gasteiger charge is 2.18. The second-order valence-electron chi connectivity index (χ2n) is 7.22. The Morgan fingerprint density at radius 2 is 1.63 bits per heavy atom. The Hall–Kier alpha value is -2.76. The summed E-state index contributed by atoms with van der Waals surface area (Å²) in [5.41, 5.74) is 2.31. The smallest absolute Gasteiger partial charge is 0.225 e. The molecule has 144 valence electrons. The molecular formula is C21H28N4O2. The van der Waals surface area contributed by atoms with Crippen molar-refractivity contribution in [2.24, 2.45) is 5.92 Å². The van der Waals surface area contributed by atoms with Gasteiger partial charge in [-0.2, -0.15) is 0 Å². The molecule has 0 unspecified atom stereocenters. The van der Waals surface area contributed by atoms with Crippen LogP contribution in [0.2, 0.25) is 0 Å². The largest absolute Gasteiger partial charge is 0.497 e. The van der Waals surface area contributed by atoms with E-state index in [1.807, 2.05) is 44.3 Å². The first-order chi connectivity index (χ1) is 13.0. The van der Waals surface area contributed by atoms with Crippen molar-refractivity contribution in [2.45, 2.75) is 20.3 Å². The third-order valence-corrected chi connectivity index (χ3v) is 4.69. The van der Waals surface area contributed by atoms with Crippen LogP contribution in [0.3, 0.4) is 0 Å². The molecule has 1 aromatic carbocycles. The first kappa shape index (κ1) is 19.0. The molecule has 2 aromatic rings. The summed E-state index contributed by atoms with van der Waals surface area (Å²) < 4.78 is 5.22. The molecule has 6 heteroatoms. The molecule has 1 N–H and O–H groups in total. The van der Waals surface area contributed by atoms with Gasteiger partial charge < -0.3 is 19.9 Å². The third-order valence-electron chi connectivity index (χ3n) is 4.69. The van der Waals surface area contributed by atoms with Gasteiger partial charge in [-0.05, 0) is 42.3 Å². The maximum absolute atomic E-state index is 11.8. The number of hydrogen-bond acceptors (Lipinski definition) is 5. The van der Waals surface area contributed by atoms with Crippen molar-refractivity contribution in [3.8, 4) is 5.75 Å². The fourth-order valence-corrected chi connectivity index (χ4v) is 3.23. The number of piperazine rings is 1. The Bertz CT molecular complexity index is 736. The summed E-state index contributed by atoms with van der Waals surface area (Å²) in [6, 6.07) is 12.1. The monoisotopic (exact) mass is 368 g/mol. The predicted molar refractivity (Wildman–Crippen MR) is 110 cm³/mol. The number of rotatable bonds is 6. The van der Waals surface area contributed by atoms with Gasteiger partial charge in [0.15, 0.2) is 0 Å². The van der Waals surface area contributed by atoms with Gasteiger partial charge in [0.2, 0.25) is 5.91 Å². The maximum atomic E-state index is 11.8. The van der Waals surface area contributed by atoms with Gasteiger partial charge in [-0.25, -0.2) is 4.98 Å². The maximum Gasteiger partial charge on any atom is 0.225 e. The summed E-state index contributed by atoms with van der Waals surface area (Å²) >= 11 is 0. The zero-order valence-electron chi connectivity index (χ0n) is 16.3. The lowest BCUT2D eigenvalue weighted by molar-refractivity contribution is -0.116. The first-order valence-corrected chi connectivity index (χ1v) is 9.45. The van der Waals surface area contributed by atoms with Crippen molar-refractivity contribution < 1.29 is 9.53 Å². The zero-order chi connectivity index (χ0) is 19.2. The van der Waals surface area contributed by atoms with E-state index in [2.05, 4.69) is 32.2 Å². The van der Waals surface area contributed by atoms with Crippen molar-refractivity contribution in [3.63, 3.8) is 0 Å². The number of benzene rings is 1. The van der Waals surface area contributed by atoms with Crippen LogP contribution in [0.25, 0.3) is 0 Å². The van der Waals surface area contributed by atoms with Crippen LogP contribution in [0.1, 0.15) is 20.3 Å². The normalized spacial score (nSPS) is 14.4. The SMILES string of the molecule is COc1ccc(N2CCN(c3ccc(NC(=O)CC(C)C)nc3)CC2)cc1. The Balaban J connectivity index is 1.53. The number of nitrogens with zero attached hydrogens (tertiary/aromatic N) is 3. The van der Waals surface area contributed by atoms with Gasteiger partial charge in [0.05, 0.1) is 19.0 Å². The molecular weight excluding hydrogens is 340 g/mol. The van der Waals surface area contributed by atoms with Gasteiger partial charge >= 0.3 is 0 Å². The minimum absolute atomic E-state index is 0.0124. The number of hydrogen-bond donors (Lipinski definition) is 1. The van der Waals surface area contributed by atoms with Crippen molar-refractivity contribution >= 4 is 23.1 Å². The average Bonchev–Trinajstić information content (AvgIpc) is 2.68. The second-order valence-corrected chi connectivity index (χ2v) is 7.22. The summed E-state index contributed by atoms with van der Waals surface area (Å²) in [6.45, 7) is 7.85. The fraction of sp³-hybridized carbons (Fsp3) is 0.429. The minimum atomic E-state index is 0.0124. The number of anilines is 3. The molecule has 1 fully saturated rings. The molecule has 0 bridgehead atoms. The van der Waals surface area contributed by atoms with Gasteiger partial charge in [0.25, 0.3) is 0 Å². The van der Waals surface area contributed by atoms with E-state index in [1.54, 1.807) is 7.11 Å². The van der Waals surface area contributed by atoms with E-state index in [0.29, 0.717) is 18.2 Å². The van der Waals surface area contributed by atoms with Crippen LogP contribution in [0.4, 0.5) is 17.2 Å². The molecule has 1 aliphatic heterocycles. The molecule has 6 nitrogen and oxygen atoms in total. The molecule has 2 heterocycles. The second kappa shape index (κ2) is 8.75. The van der Waals surface area contributed by atoms with Crippen molar-refractivity contribution in [1.82, 2.24) is 4.98 Å². The molecule has 0 atom stereocenters. The van der Waals surface area contributed by atoms with Gasteiger partial charge in [-0.3, -0.25) is 4.79 Å². The number of methoxy groups -OCH3 is 1. The molecule has 27 heavy (non-hydrogen) atoms. The Kier molecular flexibility index (Phi) is 6.16. The van der Waals surface area contributed by atoms with Crippen molar-refractivity contribution in [3.05, 3.63) is 42.6 Å². The molecule has 0 radical (unpaired) electrons. The van der Waals surface area contributed by atoms with Gasteiger partial charge in [-0.1, -0.05) is 13.8 Å². The minimum Gasteiger partial charge on any atom is -0.497 e. The molecule has 1 saturated heterocycles. The number of pyridine rings is 1. The van der Waals surface area contributed by atoms with E-state index >= 15 is 0 Å². The number of ether oxygens (including phenoxy) is 1. The zero-order valence-corrected chi connectivity index (χ0v) is 16.3. The van der Waals surface area contributed by atoms with E-state index in [4.69, 9.17) is 4.74 Å². The predicted octanol–water partition coefficient (Wildman–Crippen LogP) is 3.40. The summed E-state index contributed by atoms with van der Waals surface area (Å²) in [5.74, 6) is 1.84. The topological polar surface area (TPSA) is 57.7 Å². The van der Waals surface area contributed by atoms with Gasteiger partial charge in [0.1, 0.15) is 11.6 Å². The molecule has 1 aliphatic rings. The van der Waals surface area contributed by atoms with E-state index in [1.165, 1.54) is 5.69 Å². The highest BCUT2D eigenvalue weighted by Crippen LogP contribution is 2.23. The van der Waals surface area contributed by atoms with Crippen molar-refractivity contribution in [2.75, 3.05) is 48.4 Å². The quantitative estimate of drug-likeness (QED) is 0.847. The van der Waals surface area contributed by atoms with Gasteiger partial charge in [-0.15, -0.1) is 0 Å².